The van der Waals surface area contributed by atoms with Crippen molar-refractivity contribution < 1.29 is 22.4 Å². The van der Waals surface area contributed by atoms with Crippen molar-refractivity contribution in [2.24, 2.45) is 5.73 Å². The number of amides is 1. The van der Waals surface area contributed by atoms with Crippen molar-refractivity contribution >= 4 is 18.1 Å². The highest BCUT2D eigenvalue weighted by atomic mass is 19.4. The highest BCUT2D eigenvalue weighted by molar-refractivity contribution is 5.98. The quantitative estimate of drug-likeness (QED) is 0.423. The second-order valence-corrected chi connectivity index (χ2v) is 5.91. The van der Waals surface area contributed by atoms with Gasteiger partial charge >= 0.3 is 6.18 Å². The molecule has 0 atom stereocenters. The lowest BCUT2D eigenvalue weighted by Crippen LogP contribution is -2.25. The van der Waals surface area contributed by atoms with Crippen LogP contribution < -0.4 is 11.1 Å². The Morgan fingerprint density at radius 2 is 1.81 bits per heavy atom. The van der Waals surface area contributed by atoms with Gasteiger partial charge in [-0.3, -0.25) is 4.79 Å². The lowest BCUT2D eigenvalue weighted by atomic mass is 10.0. The molecule has 0 bridgehead atoms. The maximum atomic E-state index is 13.4. The van der Waals surface area contributed by atoms with E-state index in [9.17, 15) is 22.4 Å². The van der Waals surface area contributed by atoms with Gasteiger partial charge in [0.2, 0.25) is 0 Å². The van der Waals surface area contributed by atoms with Crippen molar-refractivity contribution in [3.63, 3.8) is 0 Å². The molecule has 144 valence electrons. The van der Waals surface area contributed by atoms with Crippen LogP contribution in [0.4, 0.5) is 17.6 Å². The smallest absolute Gasteiger partial charge is 0.352 e. The number of rotatable bonds is 7. The summed E-state index contributed by atoms with van der Waals surface area (Å²) < 4.78 is 51.8. The molecule has 2 aromatic carbocycles. The standard InChI is InChI=1S/C20H20F4N2O/c21-18-10-8-14(13-17(18)20(22,23)24)7-9-15-5-1-2-6-16(15)19(27)26-12-4-3-11-25/h1-2,5-10,13H,3-4,11-12,25H2,(H,26,27)/b9-7+. The van der Waals surface area contributed by atoms with E-state index in [1.807, 2.05) is 0 Å². The molecular formula is C20H20F4N2O. The van der Waals surface area contributed by atoms with Gasteiger partial charge in [0.25, 0.3) is 5.91 Å². The minimum absolute atomic E-state index is 0.182. The predicted molar refractivity (Wildman–Crippen MR) is 97.4 cm³/mol. The fourth-order valence-corrected chi connectivity index (χ4v) is 2.47. The van der Waals surface area contributed by atoms with Gasteiger partial charge in [0, 0.05) is 12.1 Å². The van der Waals surface area contributed by atoms with Crippen molar-refractivity contribution in [3.05, 3.63) is 70.5 Å². The molecular weight excluding hydrogens is 360 g/mol. The Morgan fingerprint density at radius 3 is 2.52 bits per heavy atom. The number of benzene rings is 2. The molecule has 0 radical (unpaired) electrons. The summed E-state index contributed by atoms with van der Waals surface area (Å²) in [6.07, 6.45) is -0.267. The molecule has 1 amide bonds. The van der Waals surface area contributed by atoms with Gasteiger partial charge in [-0.05, 0) is 48.7 Å². The molecule has 0 aliphatic heterocycles. The highest BCUT2D eigenvalue weighted by Crippen LogP contribution is 2.32. The third kappa shape index (κ3) is 5.92. The van der Waals surface area contributed by atoms with Gasteiger partial charge in [-0.2, -0.15) is 13.2 Å². The minimum atomic E-state index is -4.77. The average molecular weight is 380 g/mol. The third-order valence-corrected chi connectivity index (χ3v) is 3.87. The lowest BCUT2D eigenvalue weighted by molar-refractivity contribution is -0.140. The molecule has 0 spiro atoms. The molecule has 0 saturated carbocycles. The SMILES string of the molecule is NCCCCNC(=O)c1ccccc1/C=C/c1ccc(F)c(C(F)(F)F)c1. The molecule has 0 aromatic heterocycles. The minimum Gasteiger partial charge on any atom is -0.352 e. The number of nitrogens with one attached hydrogen (secondary N) is 1. The van der Waals surface area contributed by atoms with E-state index < -0.39 is 17.6 Å². The zero-order chi connectivity index (χ0) is 19.9. The molecule has 7 heteroatoms. The van der Waals surface area contributed by atoms with Gasteiger partial charge in [-0.25, -0.2) is 4.39 Å². The average Bonchev–Trinajstić information content (AvgIpc) is 2.63. The summed E-state index contributed by atoms with van der Waals surface area (Å²) in [5.41, 5.74) is 5.22. The van der Waals surface area contributed by atoms with Crippen LogP contribution in [0.5, 0.6) is 0 Å². The molecule has 2 rings (SSSR count). The van der Waals surface area contributed by atoms with E-state index in [-0.39, 0.29) is 11.5 Å². The molecule has 2 aromatic rings. The number of halogens is 4. The maximum absolute atomic E-state index is 13.4. The number of hydrogen-bond donors (Lipinski definition) is 2. The van der Waals surface area contributed by atoms with Gasteiger partial charge in [0.1, 0.15) is 5.82 Å². The summed E-state index contributed by atoms with van der Waals surface area (Å²) in [6.45, 7) is 1.04. The molecule has 27 heavy (non-hydrogen) atoms. The Hall–Kier alpha value is -2.67. The Kier molecular flexibility index (Phi) is 7.12. The van der Waals surface area contributed by atoms with E-state index in [0.29, 0.717) is 24.2 Å². The number of alkyl halides is 3. The molecule has 3 N–H and O–H groups in total. The molecule has 0 heterocycles. The van der Waals surface area contributed by atoms with Crippen LogP contribution in [0, 0.1) is 5.82 Å². The first-order valence-corrected chi connectivity index (χ1v) is 8.45. The summed E-state index contributed by atoms with van der Waals surface area (Å²) in [5.74, 6) is -1.60. The highest BCUT2D eigenvalue weighted by Gasteiger charge is 2.33. The zero-order valence-electron chi connectivity index (χ0n) is 14.5. The molecule has 0 saturated heterocycles. The topological polar surface area (TPSA) is 55.1 Å². The number of nitrogens with two attached hydrogens (primary N) is 1. The Morgan fingerprint density at radius 1 is 1.07 bits per heavy atom. The van der Waals surface area contributed by atoms with E-state index >= 15 is 0 Å². The van der Waals surface area contributed by atoms with Gasteiger partial charge < -0.3 is 11.1 Å². The molecule has 0 fully saturated rings. The molecule has 0 aliphatic carbocycles. The van der Waals surface area contributed by atoms with Gasteiger partial charge in [-0.1, -0.05) is 36.4 Å². The van der Waals surface area contributed by atoms with Crippen LogP contribution in [0.25, 0.3) is 12.2 Å². The van der Waals surface area contributed by atoms with E-state index in [0.717, 1.165) is 25.0 Å². The first kappa shape index (κ1) is 20.6. The predicted octanol–water partition coefficient (Wildman–Crippen LogP) is 4.48. The Bertz CT molecular complexity index is 816. The summed E-state index contributed by atoms with van der Waals surface area (Å²) in [5, 5.41) is 2.78. The van der Waals surface area contributed by atoms with Crippen LogP contribution >= 0.6 is 0 Å². The van der Waals surface area contributed by atoms with Gasteiger partial charge in [0.05, 0.1) is 5.56 Å². The summed E-state index contributed by atoms with van der Waals surface area (Å²) >= 11 is 0. The fraction of sp³-hybridized carbons (Fsp3) is 0.250. The molecule has 3 nitrogen and oxygen atoms in total. The number of hydrogen-bond acceptors (Lipinski definition) is 2. The first-order chi connectivity index (χ1) is 12.8. The van der Waals surface area contributed by atoms with Crippen molar-refractivity contribution in [2.75, 3.05) is 13.1 Å². The monoisotopic (exact) mass is 380 g/mol. The second-order valence-electron chi connectivity index (χ2n) is 5.91. The van der Waals surface area contributed by atoms with E-state index in [1.54, 1.807) is 24.3 Å². The van der Waals surface area contributed by atoms with Crippen molar-refractivity contribution in [2.45, 2.75) is 19.0 Å². The van der Waals surface area contributed by atoms with Crippen LogP contribution in [0.1, 0.15) is 39.9 Å². The maximum Gasteiger partial charge on any atom is 0.419 e. The number of carbonyl (C=O) groups is 1. The van der Waals surface area contributed by atoms with Crippen LogP contribution in [0.3, 0.4) is 0 Å². The van der Waals surface area contributed by atoms with E-state index in [2.05, 4.69) is 5.32 Å². The summed E-state index contributed by atoms with van der Waals surface area (Å²) in [6, 6.07) is 9.49. The Balaban J connectivity index is 2.19. The molecule has 0 aliphatic rings. The van der Waals surface area contributed by atoms with E-state index in [1.165, 1.54) is 18.2 Å². The van der Waals surface area contributed by atoms with E-state index in [4.69, 9.17) is 5.73 Å². The van der Waals surface area contributed by atoms with Crippen molar-refractivity contribution in [1.82, 2.24) is 5.32 Å². The van der Waals surface area contributed by atoms with Gasteiger partial charge in [0.15, 0.2) is 0 Å². The van der Waals surface area contributed by atoms with Crippen LogP contribution in [-0.2, 0) is 6.18 Å². The van der Waals surface area contributed by atoms with Crippen LogP contribution in [0.15, 0.2) is 42.5 Å². The number of carbonyl (C=O) groups excluding carboxylic acids is 1. The third-order valence-electron chi connectivity index (χ3n) is 3.87. The lowest BCUT2D eigenvalue weighted by Gasteiger charge is -2.09. The first-order valence-electron chi connectivity index (χ1n) is 8.45. The van der Waals surface area contributed by atoms with Gasteiger partial charge in [-0.15, -0.1) is 0 Å². The van der Waals surface area contributed by atoms with Crippen LogP contribution in [-0.4, -0.2) is 19.0 Å². The van der Waals surface area contributed by atoms with Crippen LogP contribution in [0.2, 0.25) is 0 Å². The molecule has 0 unspecified atom stereocenters. The summed E-state index contributed by atoms with van der Waals surface area (Å²) in [4.78, 5) is 12.3. The van der Waals surface area contributed by atoms with Crippen molar-refractivity contribution in [3.8, 4) is 0 Å². The largest absolute Gasteiger partial charge is 0.419 e. The zero-order valence-corrected chi connectivity index (χ0v) is 14.5. The number of unbranched alkanes of at least 4 members (excludes halogenated alkanes) is 1. The summed E-state index contributed by atoms with van der Waals surface area (Å²) in [7, 11) is 0. The van der Waals surface area contributed by atoms with Crippen molar-refractivity contribution in [1.29, 1.82) is 0 Å². The normalized spacial score (nSPS) is 11.7. The second kappa shape index (κ2) is 9.32. The Labute approximate surface area is 154 Å². The fourth-order valence-electron chi connectivity index (χ4n) is 2.47.